The summed E-state index contributed by atoms with van der Waals surface area (Å²) in [7, 11) is 0. The predicted molar refractivity (Wildman–Crippen MR) is 89.2 cm³/mol. The fraction of sp³-hybridized carbons (Fsp3) is 0.118. The second-order valence-electron chi connectivity index (χ2n) is 4.95. The third kappa shape index (κ3) is 2.89. The number of aryl methyl sites for hydroxylation is 1. The van der Waals surface area contributed by atoms with Gasteiger partial charge in [0.1, 0.15) is 10.7 Å². The number of hydrogen-bond acceptors (Lipinski definition) is 4. The number of anilines is 1. The van der Waals surface area contributed by atoms with Crippen LogP contribution in [-0.4, -0.2) is 15.9 Å². The maximum Gasteiger partial charge on any atom is 0.275 e. The van der Waals surface area contributed by atoms with E-state index in [1.165, 1.54) is 11.3 Å². The number of pyridine rings is 1. The van der Waals surface area contributed by atoms with E-state index >= 15 is 0 Å². The van der Waals surface area contributed by atoms with E-state index in [-0.39, 0.29) is 5.91 Å². The van der Waals surface area contributed by atoms with Gasteiger partial charge in [-0.2, -0.15) is 0 Å². The van der Waals surface area contributed by atoms with E-state index < -0.39 is 0 Å². The molecule has 0 aliphatic rings. The topological polar surface area (TPSA) is 54.9 Å². The van der Waals surface area contributed by atoms with Gasteiger partial charge in [-0.3, -0.25) is 9.78 Å². The van der Waals surface area contributed by atoms with Crippen LogP contribution in [0.3, 0.4) is 0 Å². The fourth-order valence-electron chi connectivity index (χ4n) is 2.06. The number of nitrogens with one attached hydrogen (secondary N) is 1. The highest BCUT2D eigenvalue weighted by molar-refractivity contribution is 7.13. The van der Waals surface area contributed by atoms with Crippen molar-refractivity contribution in [1.82, 2.24) is 9.97 Å². The largest absolute Gasteiger partial charge is 0.320 e. The van der Waals surface area contributed by atoms with Crippen LogP contribution in [0.5, 0.6) is 0 Å². The highest BCUT2D eigenvalue weighted by Gasteiger charge is 2.13. The standard InChI is InChI=1S/C17H15N3OS/c1-11-6-5-8-13(12(11)2)19-16(21)15-10-22-17(20-15)14-7-3-4-9-18-14/h3-10H,1-2H3,(H,19,21). The Hall–Kier alpha value is -2.53. The van der Waals surface area contributed by atoms with Gasteiger partial charge in [0.05, 0.1) is 5.69 Å². The van der Waals surface area contributed by atoms with E-state index in [0.29, 0.717) is 5.69 Å². The van der Waals surface area contributed by atoms with Crippen LogP contribution in [0, 0.1) is 13.8 Å². The summed E-state index contributed by atoms with van der Waals surface area (Å²) in [4.78, 5) is 21.0. The molecule has 1 N–H and O–H groups in total. The van der Waals surface area contributed by atoms with Gasteiger partial charge >= 0.3 is 0 Å². The highest BCUT2D eigenvalue weighted by Crippen LogP contribution is 2.23. The lowest BCUT2D eigenvalue weighted by atomic mass is 10.1. The molecule has 0 bridgehead atoms. The molecule has 3 rings (SSSR count). The van der Waals surface area contributed by atoms with E-state index in [2.05, 4.69) is 15.3 Å². The molecular formula is C17H15N3OS. The van der Waals surface area contributed by atoms with Gasteiger partial charge < -0.3 is 5.32 Å². The van der Waals surface area contributed by atoms with Crippen molar-refractivity contribution < 1.29 is 4.79 Å². The number of rotatable bonds is 3. The SMILES string of the molecule is Cc1cccc(NC(=O)c2csc(-c3ccccn3)n2)c1C. The zero-order valence-electron chi connectivity index (χ0n) is 12.3. The molecule has 1 aromatic carbocycles. The van der Waals surface area contributed by atoms with Crippen LogP contribution < -0.4 is 5.32 Å². The molecule has 2 heterocycles. The number of aromatic nitrogens is 2. The molecule has 0 fully saturated rings. The smallest absolute Gasteiger partial charge is 0.275 e. The Morgan fingerprint density at radius 1 is 1.14 bits per heavy atom. The quantitative estimate of drug-likeness (QED) is 0.793. The zero-order chi connectivity index (χ0) is 15.5. The Morgan fingerprint density at radius 3 is 2.77 bits per heavy atom. The van der Waals surface area contributed by atoms with Crippen molar-refractivity contribution >= 4 is 22.9 Å². The first kappa shape index (κ1) is 14.4. The molecule has 3 aromatic rings. The molecule has 0 atom stereocenters. The number of carbonyl (C=O) groups is 1. The van der Waals surface area contributed by atoms with Gasteiger partial charge in [0, 0.05) is 17.3 Å². The van der Waals surface area contributed by atoms with E-state index in [9.17, 15) is 4.79 Å². The van der Waals surface area contributed by atoms with E-state index in [1.54, 1.807) is 11.6 Å². The molecular weight excluding hydrogens is 294 g/mol. The Balaban J connectivity index is 1.82. The van der Waals surface area contributed by atoms with Gasteiger partial charge in [0.15, 0.2) is 0 Å². The summed E-state index contributed by atoms with van der Waals surface area (Å²) in [6.45, 7) is 4.01. The van der Waals surface area contributed by atoms with Gasteiger partial charge in [-0.05, 0) is 43.2 Å². The van der Waals surface area contributed by atoms with Crippen molar-refractivity contribution in [3.05, 3.63) is 64.8 Å². The van der Waals surface area contributed by atoms with Crippen LogP contribution >= 0.6 is 11.3 Å². The maximum absolute atomic E-state index is 12.3. The van der Waals surface area contributed by atoms with Crippen LogP contribution in [0.25, 0.3) is 10.7 Å². The van der Waals surface area contributed by atoms with Crippen LogP contribution in [0.1, 0.15) is 21.6 Å². The minimum Gasteiger partial charge on any atom is -0.320 e. The Labute approximate surface area is 132 Å². The van der Waals surface area contributed by atoms with Gasteiger partial charge in [0.25, 0.3) is 5.91 Å². The highest BCUT2D eigenvalue weighted by atomic mass is 32.1. The lowest BCUT2D eigenvalue weighted by Gasteiger charge is -2.09. The Kier molecular flexibility index (Phi) is 3.98. The van der Waals surface area contributed by atoms with Crippen molar-refractivity contribution in [2.45, 2.75) is 13.8 Å². The molecule has 2 aromatic heterocycles. The number of nitrogens with zero attached hydrogens (tertiary/aromatic N) is 2. The molecule has 1 amide bonds. The maximum atomic E-state index is 12.3. The third-order valence-corrected chi connectivity index (χ3v) is 4.34. The summed E-state index contributed by atoms with van der Waals surface area (Å²) in [5.74, 6) is -0.202. The molecule has 0 unspecified atom stereocenters. The molecule has 0 aliphatic carbocycles. The Bertz CT molecular complexity index is 812. The predicted octanol–water partition coefficient (Wildman–Crippen LogP) is 4.07. The first-order chi connectivity index (χ1) is 10.6. The van der Waals surface area contributed by atoms with Gasteiger partial charge in [-0.25, -0.2) is 4.98 Å². The minimum absolute atomic E-state index is 0.202. The van der Waals surface area contributed by atoms with Crippen molar-refractivity contribution in [2.24, 2.45) is 0 Å². The lowest BCUT2D eigenvalue weighted by molar-refractivity contribution is 0.102. The summed E-state index contributed by atoms with van der Waals surface area (Å²) in [5, 5.41) is 5.41. The summed E-state index contributed by atoms with van der Waals surface area (Å²) in [6.07, 6.45) is 1.71. The van der Waals surface area contributed by atoms with Gasteiger partial charge in [-0.15, -0.1) is 11.3 Å². The van der Waals surface area contributed by atoms with Crippen molar-refractivity contribution in [3.8, 4) is 10.7 Å². The normalized spacial score (nSPS) is 10.5. The summed E-state index contributed by atoms with van der Waals surface area (Å²) in [5.41, 5.74) is 4.21. The first-order valence-electron chi connectivity index (χ1n) is 6.89. The average Bonchev–Trinajstić information content (AvgIpc) is 3.03. The van der Waals surface area contributed by atoms with E-state index in [1.807, 2.05) is 50.2 Å². The molecule has 0 saturated heterocycles. The Morgan fingerprint density at radius 2 is 2.00 bits per heavy atom. The fourth-order valence-corrected chi connectivity index (χ4v) is 2.83. The lowest BCUT2D eigenvalue weighted by Crippen LogP contribution is -2.13. The summed E-state index contributed by atoms with van der Waals surface area (Å²) < 4.78 is 0. The number of amides is 1. The summed E-state index contributed by atoms with van der Waals surface area (Å²) >= 11 is 1.41. The van der Waals surface area contributed by atoms with Crippen molar-refractivity contribution in [1.29, 1.82) is 0 Å². The third-order valence-electron chi connectivity index (χ3n) is 3.47. The van der Waals surface area contributed by atoms with Crippen LogP contribution in [0.2, 0.25) is 0 Å². The average molecular weight is 309 g/mol. The number of carbonyl (C=O) groups excluding carboxylic acids is 1. The molecule has 4 nitrogen and oxygen atoms in total. The number of thiazole rings is 1. The summed E-state index contributed by atoms with van der Waals surface area (Å²) in [6, 6.07) is 11.5. The molecule has 22 heavy (non-hydrogen) atoms. The van der Waals surface area contributed by atoms with Gasteiger partial charge in [-0.1, -0.05) is 18.2 Å². The van der Waals surface area contributed by atoms with Gasteiger partial charge in [0.2, 0.25) is 0 Å². The second kappa shape index (κ2) is 6.07. The second-order valence-corrected chi connectivity index (χ2v) is 5.81. The van der Waals surface area contributed by atoms with Crippen molar-refractivity contribution in [3.63, 3.8) is 0 Å². The van der Waals surface area contributed by atoms with Crippen LogP contribution in [0.4, 0.5) is 5.69 Å². The van der Waals surface area contributed by atoms with E-state index in [0.717, 1.165) is 27.5 Å². The molecule has 0 aliphatic heterocycles. The minimum atomic E-state index is -0.202. The first-order valence-corrected chi connectivity index (χ1v) is 7.77. The molecule has 0 spiro atoms. The molecule has 110 valence electrons. The molecule has 5 heteroatoms. The van der Waals surface area contributed by atoms with Crippen LogP contribution in [-0.2, 0) is 0 Å². The monoisotopic (exact) mass is 309 g/mol. The van der Waals surface area contributed by atoms with Crippen molar-refractivity contribution in [2.75, 3.05) is 5.32 Å². The number of hydrogen-bond donors (Lipinski definition) is 1. The molecule has 0 saturated carbocycles. The number of benzene rings is 1. The zero-order valence-corrected chi connectivity index (χ0v) is 13.1. The van der Waals surface area contributed by atoms with E-state index in [4.69, 9.17) is 0 Å². The van der Waals surface area contributed by atoms with Crippen LogP contribution in [0.15, 0.2) is 48.0 Å². The molecule has 0 radical (unpaired) electrons.